The third-order valence-corrected chi connectivity index (χ3v) is 5.45. The van der Waals surface area contributed by atoms with Gasteiger partial charge in [0.2, 0.25) is 0 Å². The first-order chi connectivity index (χ1) is 6.57. The second-order valence-electron chi connectivity index (χ2n) is 3.44. The van der Waals surface area contributed by atoms with E-state index < -0.39 is 9.84 Å². The predicted octanol–water partition coefficient (Wildman–Crippen LogP) is 2.09. The number of hydrogen-bond acceptors (Lipinski definition) is 4. The summed E-state index contributed by atoms with van der Waals surface area (Å²) in [7, 11) is -2.77. The normalized spacial score (nSPS) is 22.4. The summed E-state index contributed by atoms with van der Waals surface area (Å²) in [6.45, 7) is 0. The molecule has 6 heteroatoms. The summed E-state index contributed by atoms with van der Waals surface area (Å²) >= 11 is 7.18. The molecule has 1 fully saturated rings. The van der Waals surface area contributed by atoms with Crippen LogP contribution < -0.4 is 0 Å². The quantitative estimate of drug-likeness (QED) is 0.768. The van der Waals surface area contributed by atoms with Gasteiger partial charge < -0.3 is 0 Å². The van der Waals surface area contributed by atoms with Crippen molar-refractivity contribution in [2.45, 2.75) is 18.8 Å². The van der Waals surface area contributed by atoms with Crippen molar-refractivity contribution in [1.29, 1.82) is 0 Å². The highest BCUT2D eigenvalue weighted by Crippen LogP contribution is 2.33. The van der Waals surface area contributed by atoms with Gasteiger partial charge in [0.1, 0.15) is 9.84 Å². The lowest BCUT2D eigenvalue weighted by molar-refractivity contribution is 0.553. The Kier molecular flexibility index (Phi) is 2.81. The number of hydrogen-bond donors (Lipinski definition) is 0. The van der Waals surface area contributed by atoms with Crippen molar-refractivity contribution < 1.29 is 8.42 Å². The summed E-state index contributed by atoms with van der Waals surface area (Å²) in [6.07, 6.45) is 3.18. The van der Waals surface area contributed by atoms with Gasteiger partial charge in [0.05, 0.1) is 11.5 Å². The molecule has 0 unspecified atom stereocenters. The van der Waals surface area contributed by atoms with Gasteiger partial charge in [-0.3, -0.25) is 0 Å². The van der Waals surface area contributed by atoms with E-state index in [-0.39, 0.29) is 0 Å². The van der Waals surface area contributed by atoms with Crippen molar-refractivity contribution in [2.75, 3.05) is 11.5 Å². The van der Waals surface area contributed by atoms with E-state index in [0.717, 1.165) is 4.88 Å². The van der Waals surface area contributed by atoms with Crippen LogP contribution in [0.4, 0.5) is 0 Å². The number of thiazole rings is 1. The third-order valence-electron chi connectivity index (χ3n) is 2.45. The molecule has 14 heavy (non-hydrogen) atoms. The van der Waals surface area contributed by atoms with Crippen molar-refractivity contribution in [3.8, 4) is 0 Å². The van der Waals surface area contributed by atoms with Crippen molar-refractivity contribution in [3.63, 3.8) is 0 Å². The molecule has 0 aliphatic carbocycles. The van der Waals surface area contributed by atoms with Crippen LogP contribution in [0.15, 0.2) is 6.20 Å². The second-order valence-corrected chi connectivity index (χ2v) is 7.39. The highest BCUT2D eigenvalue weighted by molar-refractivity contribution is 7.91. The Bertz CT molecular complexity index is 412. The summed E-state index contributed by atoms with van der Waals surface area (Å²) in [5.41, 5.74) is 0. The molecule has 0 radical (unpaired) electrons. The van der Waals surface area contributed by atoms with Crippen molar-refractivity contribution in [3.05, 3.63) is 15.5 Å². The molecule has 0 amide bonds. The van der Waals surface area contributed by atoms with E-state index in [0.29, 0.717) is 34.7 Å². The first-order valence-corrected chi connectivity index (χ1v) is 7.40. The monoisotopic (exact) mass is 251 g/mol. The van der Waals surface area contributed by atoms with E-state index in [1.165, 1.54) is 11.3 Å². The van der Waals surface area contributed by atoms with Crippen molar-refractivity contribution in [2.24, 2.45) is 0 Å². The summed E-state index contributed by atoms with van der Waals surface area (Å²) in [6, 6.07) is 0. The lowest BCUT2D eigenvalue weighted by Gasteiger charge is -2.19. The third kappa shape index (κ3) is 2.27. The average Bonchev–Trinajstić information content (AvgIpc) is 2.52. The van der Waals surface area contributed by atoms with Crippen LogP contribution in [-0.2, 0) is 9.84 Å². The van der Waals surface area contributed by atoms with Crippen molar-refractivity contribution in [1.82, 2.24) is 4.98 Å². The zero-order chi connectivity index (χ0) is 10.2. The lowest BCUT2D eigenvalue weighted by atomic mass is 10.0. The SMILES string of the molecule is O=S1(=O)CCC(c2cnc(Cl)s2)CC1. The zero-order valence-corrected chi connectivity index (χ0v) is 9.83. The maximum atomic E-state index is 11.2. The minimum atomic E-state index is -2.77. The van der Waals surface area contributed by atoms with E-state index in [1.807, 2.05) is 0 Å². The van der Waals surface area contributed by atoms with Gasteiger partial charge >= 0.3 is 0 Å². The fourth-order valence-corrected chi connectivity index (χ4v) is 4.24. The van der Waals surface area contributed by atoms with E-state index in [9.17, 15) is 8.42 Å². The largest absolute Gasteiger partial charge is 0.233 e. The minimum absolute atomic E-state index is 0.299. The van der Waals surface area contributed by atoms with E-state index >= 15 is 0 Å². The molecule has 0 bridgehead atoms. The minimum Gasteiger partial charge on any atom is -0.233 e. The molecule has 0 aromatic carbocycles. The molecule has 2 heterocycles. The second kappa shape index (κ2) is 3.79. The number of halogens is 1. The molecule has 78 valence electrons. The molecule has 2 rings (SSSR count). The predicted molar refractivity (Wildman–Crippen MR) is 57.8 cm³/mol. The standard InChI is InChI=1S/C8H10ClNO2S2/c9-8-10-5-7(13-8)6-1-3-14(11,12)4-2-6/h5-6H,1-4H2. The number of nitrogens with zero attached hydrogens (tertiary/aromatic N) is 1. The van der Waals surface area contributed by atoms with E-state index in [4.69, 9.17) is 11.6 Å². The Labute approximate surface area is 92.0 Å². The molecule has 1 saturated heterocycles. The van der Waals surface area contributed by atoms with Crippen LogP contribution in [0.3, 0.4) is 0 Å². The van der Waals surface area contributed by atoms with Crippen LogP contribution in [0.25, 0.3) is 0 Å². The summed E-state index contributed by atoms with van der Waals surface area (Å²) < 4.78 is 22.9. The molecule has 1 aromatic heterocycles. The summed E-state index contributed by atoms with van der Waals surface area (Å²) in [5, 5.41) is 0. The molecular weight excluding hydrogens is 242 g/mol. The molecule has 0 atom stereocenters. The van der Waals surface area contributed by atoms with Crippen molar-refractivity contribution >= 4 is 32.8 Å². The molecule has 0 saturated carbocycles. The van der Waals surface area contributed by atoms with Gasteiger partial charge in [0.15, 0.2) is 4.47 Å². The highest BCUT2D eigenvalue weighted by Gasteiger charge is 2.25. The van der Waals surface area contributed by atoms with Gasteiger partial charge in [-0.15, -0.1) is 11.3 Å². The molecule has 3 nitrogen and oxygen atoms in total. The molecular formula is C8H10ClNO2S2. The number of sulfone groups is 1. The number of aromatic nitrogens is 1. The fraction of sp³-hybridized carbons (Fsp3) is 0.625. The van der Waals surface area contributed by atoms with Gasteiger partial charge in [-0.2, -0.15) is 0 Å². The van der Waals surface area contributed by atoms with Gasteiger partial charge in [-0.1, -0.05) is 11.6 Å². The smallest absolute Gasteiger partial charge is 0.183 e. The Balaban J connectivity index is 2.09. The molecule has 1 aliphatic heterocycles. The Morgan fingerprint density at radius 1 is 1.43 bits per heavy atom. The van der Waals surface area contributed by atoms with Crippen LogP contribution in [0, 0.1) is 0 Å². The first kappa shape index (κ1) is 10.4. The van der Waals surface area contributed by atoms with Crippen LogP contribution in [0.2, 0.25) is 4.47 Å². The van der Waals surface area contributed by atoms with Crippen LogP contribution >= 0.6 is 22.9 Å². The van der Waals surface area contributed by atoms with Crippen LogP contribution in [-0.4, -0.2) is 24.9 Å². The lowest BCUT2D eigenvalue weighted by Crippen LogP contribution is -2.21. The molecule has 1 aliphatic rings. The van der Waals surface area contributed by atoms with Gasteiger partial charge in [-0.05, 0) is 18.8 Å². The van der Waals surface area contributed by atoms with Gasteiger partial charge in [0, 0.05) is 11.1 Å². The molecule has 0 N–H and O–H groups in total. The van der Waals surface area contributed by atoms with Gasteiger partial charge in [0.25, 0.3) is 0 Å². The Morgan fingerprint density at radius 2 is 2.07 bits per heavy atom. The van der Waals surface area contributed by atoms with Gasteiger partial charge in [-0.25, -0.2) is 13.4 Å². The number of rotatable bonds is 1. The Hall–Kier alpha value is -0.130. The van der Waals surface area contributed by atoms with E-state index in [2.05, 4.69) is 4.98 Å². The maximum absolute atomic E-state index is 11.2. The highest BCUT2D eigenvalue weighted by atomic mass is 35.5. The zero-order valence-electron chi connectivity index (χ0n) is 7.44. The summed E-state index contributed by atoms with van der Waals surface area (Å²) in [4.78, 5) is 5.08. The topological polar surface area (TPSA) is 47.0 Å². The molecule has 0 spiro atoms. The maximum Gasteiger partial charge on any atom is 0.183 e. The van der Waals surface area contributed by atoms with E-state index in [1.54, 1.807) is 6.20 Å². The summed E-state index contributed by atoms with van der Waals surface area (Å²) in [5.74, 6) is 0.934. The Morgan fingerprint density at radius 3 is 2.57 bits per heavy atom. The van der Waals surface area contributed by atoms with Crippen LogP contribution in [0.1, 0.15) is 23.6 Å². The fourth-order valence-electron chi connectivity index (χ4n) is 1.63. The van der Waals surface area contributed by atoms with Crippen LogP contribution in [0.5, 0.6) is 0 Å². The first-order valence-electron chi connectivity index (χ1n) is 4.38. The average molecular weight is 252 g/mol. The molecule has 1 aromatic rings.